The number of hydrogen-bond donors (Lipinski definition) is 0. The maximum absolute atomic E-state index is 13.1. The van der Waals surface area contributed by atoms with Gasteiger partial charge < -0.3 is 18.9 Å². The molecule has 15 heteroatoms. The Hall–Kier alpha value is -4.43. The van der Waals surface area contributed by atoms with Gasteiger partial charge in [0.25, 0.3) is 11.1 Å². The summed E-state index contributed by atoms with van der Waals surface area (Å²) < 4.78 is 61.0. The molecule has 218 valence electrons. The maximum atomic E-state index is 13.1. The molecule has 10 nitrogen and oxygen atoms in total. The lowest BCUT2D eigenvalue weighted by Gasteiger charge is -2.14. The average Bonchev–Trinajstić information content (AvgIpc) is 3.48. The van der Waals surface area contributed by atoms with E-state index in [4.69, 9.17) is 30.5 Å². The van der Waals surface area contributed by atoms with E-state index in [-0.39, 0.29) is 36.3 Å². The molecule has 0 unspecified atom stereocenters. The standard InChI is InChI=1S/C27H18ClF3N2O8S/c1-2-38-21-7-14(3-5-20(21)41-19-6-4-16(27(29,30)31)10-18(19)33(36)37)8-24-25(34)32(26(35)42-24)12-15-9-22-23(11-17(15)28)40-13-39-22/h3-11H,2,12-13H2,1H3/b24-8-. The van der Waals surface area contributed by atoms with E-state index in [2.05, 4.69) is 0 Å². The normalized spacial score (nSPS) is 15.5. The van der Waals surface area contributed by atoms with Gasteiger partial charge in [-0.25, -0.2) is 0 Å². The van der Waals surface area contributed by atoms with Gasteiger partial charge in [0.2, 0.25) is 12.5 Å². The van der Waals surface area contributed by atoms with Crippen molar-refractivity contribution in [3.8, 4) is 28.7 Å². The van der Waals surface area contributed by atoms with Gasteiger partial charge in [-0.3, -0.25) is 24.6 Å². The van der Waals surface area contributed by atoms with E-state index in [1.54, 1.807) is 19.1 Å². The molecular formula is C27H18ClF3N2O8S. The number of alkyl halides is 3. The van der Waals surface area contributed by atoms with Crippen molar-refractivity contribution in [2.75, 3.05) is 13.4 Å². The van der Waals surface area contributed by atoms with Crippen molar-refractivity contribution in [2.45, 2.75) is 19.6 Å². The Balaban J connectivity index is 1.39. The van der Waals surface area contributed by atoms with Crippen LogP contribution in [0.3, 0.4) is 0 Å². The predicted molar refractivity (Wildman–Crippen MR) is 145 cm³/mol. The summed E-state index contributed by atoms with van der Waals surface area (Å²) >= 11 is 7.03. The molecule has 3 aromatic carbocycles. The van der Waals surface area contributed by atoms with Crippen molar-refractivity contribution >= 4 is 46.3 Å². The summed E-state index contributed by atoms with van der Waals surface area (Å²) in [5.74, 6) is 0.0178. The fourth-order valence-electron chi connectivity index (χ4n) is 4.05. The molecule has 3 aromatic rings. The van der Waals surface area contributed by atoms with Gasteiger partial charge in [-0.05, 0) is 66.2 Å². The predicted octanol–water partition coefficient (Wildman–Crippen LogP) is 7.42. The topological polar surface area (TPSA) is 117 Å². The zero-order valence-corrected chi connectivity index (χ0v) is 23.0. The number of ether oxygens (including phenoxy) is 4. The number of fused-ring (bicyclic) bond motifs is 1. The Morgan fingerprint density at radius 3 is 2.48 bits per heavy atom. The number of carbonyl (C=O) groups is 2. The highest BCUT2D eigenvalue weighted by molar-refractivity contribution is 8.18. The minimum absolute atomic E-state index is 0.0117. The summed E-state index contributed by atoms with van der Waals surface area (Å²) in [6.07, 6.45) is -3.32. The second kappa shape index (κ2) is 11.4. The lowest BCUT2D eigenvalue weighted by atomic mass is 10.1. The number of nitro groups is 1. The summed E-state index contributed by atoms with van der Waals surface area (Å²) in [4.78, 5) is 37.4. The smallest absolute Gasteiger partial charge is 0.416 e. The number of nitro benzene ring substituents is 1. The maximum Gasteiger partial charge on any atom is 0.416 e. The van der Waals surface area contributed by atoms with Crippen LogP contribution in [-0.4, -0.2) is 34.4 Å². The van der Waals surface area contributed by atoms with Crippen LogP contribution in [0.5, 0.6) is 28.7 Å². The zero-order chi connectivity index (χ0) is 30.2. The molecule has 2 aliphatic heterocycles. The first-order valence-electron chi connectivity index (χ1n) is 12.1. The molecular weight excluding hydrogens is 605 g/mol. The van der Waals surface area contributed by atoms with Crippen LogP contribution in [0.2, 0.25) is 5.02 Å². The Labute approximate surface area is 244 Å². The van der Waals surface area contributed by atoms with Crippen LogP contribution in [0.25, 0.3) is 6.08 Å². The summed E-state index contributed by atoms with van der Waals surface area (Å²) in [5.41, 5.74) is -1.16. The van der Waals surface area contributed by atoms with Crippen LogP contribution in [0.15, 0.2) is 53.4 Å². The number of halogens is 4. The number of benzene rings is 3. The van der Waals surface area contributed by atoms with E-state index in [1.165, 1.54) is 24.3 Å². The van der Waals surface area contributed by atoms with Gasteiger partial charge in [-0.1, -0.05) is 17.7 Å². The first-order valence-corrected chi connectivity index (χ1v) is 13.3. The number of rotatable bonds is 8. The van der Waals surface area contributed by atoms with Gasteiger partial charge in [-0.2, -0.15) is 13.2 Å². The number of thioether (sulfide) groups is 1. The van der Waals surface area contributed by atoms with Crippen LogP contribution in [0.1, 0.15) is 23.6 Å². The first-order chi connectivity index (χ1) is 19.9. The largest absolute Gasteiger partial charge is 0.490 e. The Morgan fingerprint density at radius 2 is 1.79 bits per heavy atom. The SMILES string of the molecule is CCOc1cc(/C=C2\SC(=O)N(Cc3cc4c(cc3Cl)OCO4)C2=O)ccc1Oc1ccc(C(F)(F)F)cc1[N+](=O)[O-]. The quantitative estimate of drug-likeness (QED) is 0.144. The van der Waals surface area contributed by atoms with Gasteiger partial charge in [0.15, 0.2) is 23.0 Å². The lowest BCUT2D eigenvalue weighted by molar-refractivity contribution is -0.385. The molecule has 0 aliphatic carbocycles. The van der Waals surface area contributed by atoms with E-state index in [0.717, 1.165) is 22.7 Å². The van der Waals surface area contributed by atoms with Gasteiger partial charge >= 0.3 is 11.9 Å². The molecule has 0 N–H and O–H groups in total. The molecule has 0 saturated carbocycles. The van der Waals surface area contributed by atoms with Crippen molar-refractivity contribution in [1.29, 1.82) is 0 Å². The third-order valence-electron chi connectivity index (χ3n) is 6.01. The molecule has 1 saturated heterocycles. The minimum Gasteiger partial charge on any atom is -0.490 e. The van der Waals surface area contributed by atoms with Crippen molar-refractivity contribution in [3.63, 3.8) is 0 Å². The molecule has 1 fully saturated rings. The highest BCUT2D eigenvalue weighted by atomic mass is 35.5. The average molecular weight is 623 g/mol. The molecule has 0 aromatic heterocycles. The fourth-order valence-corrected chi connectivity index (χ4v) is 5.10. The third-order valence-corrected chi connectivity index (χ3v) is 7.27. The number of nitrogens with zero attached hydrogens (tertiary/aromatic N) is 2. The van der Waals surface area contributed by atoms with Crippen LogP contribution >= 0.6 is 23.4 Å². The second-order valence-corrected chi connectivity index (χ2v) is 10.1. The summed E-state index contributed by atoms with van der Waals surface area (Å²) in [6.45, 7) is 1.76. The Kier molecular flexibility index (Phi) is 7.93. The first kappa shape index (κ1) is 29.1. The van der Waals surface area contributed by atoms with Gasteiger partial charge in [0.05, 0.1) is 28.5 Å². The van der Waals surface area contributed by atoms with E-state index in [9.17, 15) is 32.9 Å². The molecule has 0 spiro atoms. The fraction of sp³-hybridized carbons (Fsp3) is 0.185. The molecule has 0 bridgehead atoms. The minimum atomic E-state index is -4.78. The summed E-state index contributed by atoms with van der Waals surface area (Å²) in [7, 11) is 0. The van der Waals surface area contributed by atoms with Crippen molar-refractivity contribution in [2.24, 2.45) is 0 Å². The van der Waals surface area contributed by atoms with Crippen LogP contribution in [-0.2, 0) is 17.5 Å². The highest BCUT2D eigenvalue weighted by Gasteiger charge is 2.36. The summed E-state index contributed by atoms with van der Waals surface area (Å²) in [6, 6.07) is 9.41. The van der Waals surface area contributed by atoms with Crippen LogP contribution < -0.4 is 18.9 Å². The second-order valence-electron chi connectivity index (χ2n) is 8.74. The van der Waals surface area contributed by atoms with E-state index in [1.807, 2.05) is 0 Å². The zero-order valence-electron chi connectivity index (χ0n) is 21.4. The Morgan fingerprint density at radius 1 is 1.07 bits per heavy atom. The van der Waals surface area contributed by atoms with Gasteiger partial charge in [0, 0.05) is 17.2 Å². The third kappa shape index (κ3) is 5.94. The monoisotopic (exact) mass is 622 g/mol. The van der Waals surface area contributed by atoms with Crippen LogP contribution in [0, 0.1) is 10.1 Å². The van der Waals surface area contributed by atoms with E-state index >= 15 is 0 Å². The molecule has 2 amide bonds. The van der Waals surface area contributed by atoms with Crippen molar-refractivity contribution in [1.82, 2.24) is 4.90 Å². The number of amides is 2. The van der Waals surface area contributed by atoms with Gasteiger partial charge in [-0.15, -0.1) is 0 Å². The number of imide groups is 1. The summed E-state index contributed by atoms with van der Waals surface area (Å²) in [5, 5.41) is 11.2. The molecule has 42 heavy (non-hydrogen) atoms. The van der Waals surface area contributed by atoms with Crippen molar-refractivity contribution < 1.29 is 46.6 Å². The van der Waals surface area contributed by atoms with Crippen molar-refractivity contribution in [3.05, 3.63) is 85.3 Å². The number of carbonyl (C=O) groups excluding carboxylic acids is 2. The molecule has 2 aliphatic rings. The molecule has 2 heterocycles. The Bertz CT molecular complexity index is 1650. The van der Waals surface area contributed by atoms with Gasteiger partial charge in [0.1, 0.15) is 0 Å². The van der Waals surface area contributed by atoms with E-state index in [0.29, 0.717) is 39.8 Å². The van der Waals surface area contributed by atoms with Crippen LogP contribution in [0.4, 0.5) is 23.7 Å². The molecule has 0 radical (unpaired) electrons. The highest BCUT2D eigenvalue weighted by Crippen LogP contribution is 2.42. The lowest BCUT2D eigenvalue weighted by Crippen LogP contribution is -2.27. The number of hydrogen-bond acceptors (Lipinski definition) is 9. The molecule has 0 atom stereocenters. The van der Waals surface area contributed by atoms with E-state index < -0.39 is 39.2 Å². The molecule has 5 rings (SSSR count).